The van der Waals surface area contributed by atoms with E-state index in [0.717, 1.165) is 51.8 Å². The number of carbonyl (C=O) groups is 1. The Bertz CT molecular complexity index is 1440. The standard InChI is InChI=1S/C29H21NO/c31-29(24-15-14-20-8-4-5-12-23(20)18-24)28-26(21-9-2-1-3-10-21)19-27-25-13-7-6-11-22(25)16-17-30(27)28/h1-15,18-19H,16-17H2. The van der Waals surface area contributed by atoms with Crippen LogP contribution in [0, 0.1) is 0 Å². The van der Waals surface area contributed by atoms with Crippen molar-refractivity contribution in [1.82, 2.24) is 4.57 Å². The fraction of sp³-hybridized carbons (Fsp3) is 0.0690. The highest BCUT2D eigenvalue weighted by Crippen LogP contribution is 2.38. The van der Waals surface area contributed by atoms with Crippen molar-refractivity contribution < 1.29 is 4.79 Å². The van der Waals surface area contributed by atoms with Crippen LogP contribution in [0.25, 0.3) is 33.2 Å². The molecule has 31 heavy (non-hydrogen) atoms. The van der Waals surface area contributed by atoms with Gasteiger partial charge in [-0.1, -0.05) is 91.0 Å². The van der Waals surface area contributed by atoms with E-state index >= 15 is 0 Å². The maximum Gasteiger partial charge on any atom is 0.210 e. The van der Waals surface area contributed by atoms with E-state index in [1.165, 1.54) is 11.1 Å². The Morgan fingerprint density at radius 3 is 2.29 bits per heavy atom. The highest BCUT2D eigenvalue weighted by molar-refractivity contribution is 6.14. The summed E-state index contributed by atoms with van der Waals surface area (Å²) in [4.78, 5) is 13.9. The Hall–Kier alpha value is -3.91. The molecule has 0 aliphatic carbocycles. The normalized spacial score (nSPS) is 12.4. The lowest BCUT2D eigenvalue weighted by molar-refractivity contribution is 0.103. The minimum absolute atomic E-state index is 0.0789. The van der Waals surface area contributed by atoms with Crippen LogP contribution in [0.15, 0.2) is 103 Å². The second-order valence-corrected chi connectivity index (χ2v) is 8.11. The van der Waals surface area contributed by atoms with Crippen LogP contribution < -0.4 is 0 Å². The van der Waals surface area contributed by atoms with Crippen LogP contribution >= 0.6 is 0 Å². The van der Waals surface area contributed by atoms with Crippen molar-refractivity contribution in [3.05, 3.63) is 120 Å². The lowest BCUT2D eigenvalue weighted by Gasteiger charge is -2.21. The minimum Gasteiger partial charge on any atom is -0.337 e. The maximum atomic E-state index is 13.9. The predicted molar refractivity (Wildman–Crippen MR) is 126 cm³/mol. The van der Waals surface area contributed by atoms with E-state index in [4.69, 9.17) is 0 Å². The quantitative estimate of drug-likeness (QED) is 0.307. The molecule has 0 spiro atoms. The zero-order valence-corrected chi connectivity index (χ0v) is 17.1. The summed E-state index contributed by atoms with van der Waals surface area (Å²) in [5.41, 5.74) is 7.29. The second-order valence-electron chi connectivity index (χ2n) is 8.11. The molecular formula is C29H21NO. The second kappa shape index (κ2) is 7.10. The van der Waals surface area contributed by atoms with Gasteiger partial charge >= 0.3 is 0 Å². The monoisotopic (exact) mass is 399 g/mol. The lowest BCUT2D eigenvalue weighted by Crippen LogP contribution is -2.17. The van der Waals surface area contributed by atoms with Gasteiger partial charge in [0, 0.05) is 28.9 Å². The van der Waals surface area contributed by atoms with Crippen LogP contribution in [0.4, 0.5) is 0 Å². The zero-order chi connectivity index (χ0) is 20.8. The Labute approximate surface area is 181 Å². The Balaban J connectivity index is 1.58. The van der Waals surface area contributed by atoms with E-state index in [-0.39, 0.29) is 5.78 Å². The molecule has 1 aliphatic rings. The first-order valence-corrected chi connectivity index (χ1v) is 10.7. The van der Waals surface area contributed by atoms with Crippen LogP contribution in [0.1, 0.15) is 21.6 Å². The number of fused-ring (bicyclic) bond motifs is 4. The number of aryl methyl sites for hydroxylation is 1. The van der Waals surface area contributed by atoms with E-state index in [1.54, 1.807) is 0 Å². The Morgan fingerprint density at radius 2 is 1.42 bits per heavy atom. The first-order chi connectivity index (χ1) is 15.3. The average molecular weight is 399 g/mol. The molecule has 2 nitrogen and oxygen atoms in total. The molecule has 0 bridgehead atoms. The fourth-order valence-corrected chi connectivity index (χ4v) is 4.77. The lowest BCUT2D eigenvalue weighted by atomic mass is 9.98. The summed E-state index contributed by atoms with van der Waals surface area (Å²) in [5.74, 6) is 0.0789. The third-order valence-electron chi connectivity index (χ3n) is 6.31. The van der Waals surface area contributed by atoms with Gasteiger partial charge in [0.05, 0.1) is 5.69 Å². The van der Waals surface area contributed by atoms with Crippen molar-refractivity contribution in [2.75, 3.05) is 0 Å². The summed E-state index contributed by atoms with van der Waals surface area (Å²) in [7, 11) is 0. The molecule has 0 saturated heterocycles. The topological polar surface area (TPSA) is 22.0 Å². The largest absolute Gasteiger partial charge is 0.337 e. The molecule has 0 N–H and O–H groups in total. The summed E-state index contributed by atoms with van der Waals surface area (Å²) >= 11 is 0. The third kappa shape index (κ3) is 2.91. The third-order valence-corrected chi connectivity index (χ3v) is 6.31. The van der Waals surface area contributed by atoms with Crippen LogP contribution in [0.2, 0.25) is 0 Å². The van der Waals surface area contributed by atoms with E-state index < -0.39 is 0 Å². The summed E-state index contributed by atoms with van der Waals surface area (Å²) < 4.78 is 2.22. The number of ketones is 1. The molecule has 2 heteroatoms. The number of carbonyl (C=O) groups excluding carboxylic acids is 1. The van der Waals surface area contributed by atoms with Gasteiger partial charge in [0.1, 0.15) is 0 Å². The first-order valence-electron chi connectivity index (χ1n) is 10.7. The smallest absolute Gasteiger partial charge is 0.210 e. The van der Waals surface area contributed by atoms with Gasteiger partial charge in [-0.2, -0.15) is 0 Å². The molecule has 6 rings (SSSR count). The summed E-state index contributed by atoms with van der Waals surface area (Å²) in [5, 5.41) is 2.24. The number of hydrogen-bond acceptors (Lipinski definition) is 1. The van der Waals surface area contributed by atoms with Gasteiger partial charge in [0.25, 0.3) is 0 Å². The highest BCUT2D eigenvalue weighted by Gasteiger charge is 2.27. The van der Waals surface area contributed by atoms with Gasteiger partial charge in [-0.05, 0) is 40.5 Å². The van der Waals surface area contributed by atoms with Crippen LogP contribution in [0.3, 0.4) is 0 Å². The zero-order valence-electron chi connectivity index (χ0n) is 17.1. The van der Waals surface area contributed by atoms with Gasteiger partial charge in [-0.15, -0.1) is 0 Å². The Morgan fingerprint density at radius 1 is 0.677 bits per heavy atom. The fourth-order valence-electron chi connectivity index (χ4n) is 4.77. The van der Waals surface area contributed by atoms with Crippen LogP contribution in [-0.4, -0.2) is 10.4 Å². The average Bonchev–Trinajstić information content (AvgIpc) is 3.24. The molecule has 148 valence electrons. The van der Waals surface area contributed by atoms with Gasteiger partial charge in [0.2, 0.25) is 5.78 Å². The van der Waals surface area contributed by atoms with Gasteiger partial charge in [-0.25, -0.2) is 0 Å². The van der Waals surface area contributed by atoms with Crippen molar-refractivity contribution in [1.29, 1.82) is 0 Å². The molecule has 0 atom stereocenters. The molecular weight excluding hydrogens is 378 g/mol. The highest BCUT2D eigenvalue weighted by atomic mass is 16.1. The summed E-state index contributed by atoms with van der Waals surface area (Å²) in [6, 6.07) is 35.2. The SMILES string of the molecule is O=C(c1ccc2ccccc2c1)c1c(-c2ccccc2)cc2n1CCc1ccccc1-2. The number of benzene rings is 4. The molecule has 0 fully saturated rings. The van der Waals surface area contributed by atoms with Gasteiger partial charge in [-0.3, -0.25) is 4.79 Å². The van der Waals surface area contributed by atoms with E-state index in [2.05, 4.69) is 59.2 Å². The molecule has 0 radical (unpaired) electrons. The Kier molecular flexibility index (Phi) is 4.10. The minimum atomic E-state index is 0.0789. The predicted octanol–water partition coefficient (Wildman–Crippen LogP) is 6.76. The van der Waals surface area contributed by atoms with Crippen molar-refractivity contribution in [2.24, 2.45) is 0 Å². The van der Waals surface area contributed by atoms with Crippen molar-refractivity contribution in [3.8, 4) is 22.4 Å². The van der Waals surface area contributed by atoms with Crippen molar-refractivity contribution >= 4 is 16.6 Å². The van der Waals surface area contributed by atoms with Crippen molar-refractivity contribution in [2.45, 2.75) is 13.0 Å². The van der Waals surface area contributed by atoms with Gasteiger partial charge < -0.3 is 4.57 Å². The van der Waals surface area contributed by atoms with Gasteiger partial charge in [0.15, 0.2) is 0 Å². The molecule has 5 aromatic rings. The molecule has 0 unspecified atom stereocenters. The number of aromatic nitrogens is 1. The summed E-state index contributed by atoms with van der Waals surface area (Å²) in [6.07, 6.45) is 0.935. The van der Waals surface area contributed by atoms with Crippen molar-refractivity contribution in [3.63, 3.8) is 0 Å². The van der Waals surface area contributed by atoms with E-state index in [1.807, 2.05) is 48.5 Å². The molecule has 0 amide bonds. The van der Waals surface area contributed by atoms with Crippen LogP contribution in [0.5, 0.6) is 0 Å². The molecule has 4 aromatic carbocycles. The number of rotatable bonds is 3. The molecule has 1 aliphatic heterocycles. The number of nitrogens with zero attached hydrogens (tertiary/aromatic N) is 1. The summed E-state index contributed by atoms with van der Waals surface area (Å²) in [6.45, 7) is 0.813. The van der Waals surface area contributed by atoms with E-state index in [0.29, 0.717) is 0 Å². The molecule has 0 saturated carbocycles. The maximum absolute atomic E-state index is 13.9. The van der Waals surface area contributed by atoms with Crippen LogP contribution in [-0.2, 0) is 13.0 Å². The molecule has 2 heterocycles. The first kappa shape index (κ1) is 17.9. The van der Waals surface area contributed by atoms with E-state index in [9.17, 15) is 4.79 Å². The number of hydrogen-bond donors (Lipinski definition) is 0. The molecule has 1 aromatic heterocycles.